The van der Waals surface area contributed by atoms with Crippen LogP contribution < -0.4 is 4.72 Å². The Balaban J connectivity index is 3.14. The van der Waals surface area contributed by atoms with Gasteiger partial charge in [-0.3, -0.25) is 4.79 Å². The molecule has 10 heteroatoms. The molecule has 0 heterocycles. The molecule has 0 unspecified atom stereocenters. The average molecular weight is 322 g/mol. The van der Waals surface area contributed by atoms with Crippen LogP contribution >= 0.6 is 0 Å². The van der Waals surface area contributed by atoms with Crippen LogP contribution in [0.4, 0.5) is 0 Å². The Bertz CT molecular complexity index is 694. The minimum absolute atomic E-state index is 0.0835. The van der Waals surface area contributed by atoms with Gasteiger partial charge >= 0.3 is 5.97 Å². The number of carbonyl (C=O) groups is 1. The predicted octanol–water partition coefficient (Wildman–Crippen LogP) is -0.700. The highest BCUT2D eigenvalue weighted by atomic mass is 32.2. The zero-order valence-corrected chi connectivity index (χ0v) is 12.4. The van der Waals surface area contributed by atoms with E-state index in [4.69, 9.17) is 5.11 Å². The minimum atomic E-state index is -3.97. The zero-order valence-electron chi connectivity index (χ0n) is 10.8. The molecular weight excluding hydrogens is 308 g/mol. The fourth-order valence-electron chi connectivity index (χ4n) is 1.36. The van der Waals surface area contributed by atoms with E-state index in [1.54, 1.807) is 0 Å². The molecular formula is C10H14N2O6S2. The Morgan fingerprint density at radius 1 is 1.15 bits per heavy atom. The fourth-order valence-corrected chi connectivity index (χ4v) is 3.21. The maximum atomic E-state index is 12.0. The van der Waals surface area contributed by atoms with Gasteiger partial charge in [0.15, 0.2) is 0 Å². The summed E-state index contributed by atoms with van der Waals surface area (Å²) in [4.78, 5) is 10.3. The Hall–Kier alpha value is -1.49. The number of likely N-dealkylation sites (N-methyl/N-ethyl adjacent to an activating group) is 1. The van der Waals surface area contributed by atoms with E-state index in [1.807, 2.05) is 0 Å². The third-order valence-corrected chi connectivity index (χ3v) is 5.72. The largest absolute Gasteiger partial charge is 0.480 e. The molecule has 2 N–H and O–H groups in total. The molecule has 0 saturated carbocycles. The van der Waals surface area contributed by atoms with Crippen LogP contribution in [-0.2, 0) is 24.8 Å². The number of nitrogens with one attached hydrogen (secondary N) is 1. The molecule has 0 radical (unpaired) electrons. The number of carboxylic acids is 1. The molecule has 0 saturated heterocycles. The van der Waals surface area contributed by atoms with Gasteiger partial charge in [0.2, 0.25) is 20.0 Å². The van der Waals surface area contributed by atoms with Crippen molar-refractivity contribution in [2.24, 2.45) is 0 Å². The minimum Gasteiger partial charge on any atom is -0.480 e. The quantitative estimate of drug-likeness (QED) is 0.714. The molecule has 1 aromatic carbocycles. The zero-order chi connectivity index (χ0) is 15.6. The average Bonchev–Trinajstić information content (AvgIpc) is 2.38. The lowest BCUT2D eigenvalue weighted by atomic mass is 10.4. The Kier molecular flexibility index (Phi) is 4.86. The lowest BCUT2D eigenvalue weighted by molar-refractivity contribution is -0.137. The molecule has 0 aliphatic carbocycles. The van der Waals surface area contributed by atoms with Crippen molar-refractivity contribution in [3.8, 4) is 0 Å². The first-order valence-electron chi connectivity index (χ1n) is 5.33. The van der Waals surface area contributed by atoms with E-state index in [1.165, 1.54) is 7.05 Å². The number of benzene rings is 1. The summed E-state index contributed by atoms with van der Waals surface area (Å²) in [7, 11) is -5.25. The van der Waals surface area contributed by atoms with Gasteiger partial charge in [0, 0.05) is 7.05 Å². The maximum absolute atomic E-state index is 12.0. The van der Waals surface area contributed by atoms with Gasteiger partial charge in [-0.1, -0.05) is 0 Å². The summed E-state index contributed by atoms with van der Waals surface area (Å²) in [5.41, 5.74) is 0. The van der Waals surface area contributed by atoms with Crippen molar-refractivity contribution in [3.63, 3.8) is 0 Å². The third kappa shape index (κ3) is 3.54. The van der Waals surface area contributed by atoms with Gasteiger partial charge in [-0.05, 0) is 31.3 Å². The van der Waals surface area contributed by atoms with Crippen LogP contribution in [0.5, 0.6) is 0 Å². The summed E-state index contributed by atoms with van der Waals surface area (Å²) >= 11 is 0. The second-order valence-corrected chi connectivity index (χ2v) is 7.77. The summed E-state index contributed by atoms with van der Waals surface area (Å²) in [5.74, 6) is -1.29. The standard InChI is InChI=1S/C10H14N2O6S2/c1-11-19(15,16)8-3-5-9(6-4-8)20(17,18)12(2)7-10(13)14/h3-6,11H,7H2,1-2H3,(H,13,14). The molecule has 0 aliphatic rings. The second kappa shape index (κ2) is 5.87. The van der Waals surface area contributed by atoms with Gasteiger partial charge in [-0.15, -0.1) is 0 Å². The first kappa shape index (κ1) is 16.6. The van der Waals surface area contributed by atoms with E-state index in [2.05, 4.69) is 4.72 Å². The molecule has 0 aromatic heterocycles. The van der Waals surface area contributed by atoms with Gasteiger partial charge in [0.1, 0.15) is 6.54 Å². The molecule has 0 amide bonds. The van der Waals surface area contributed by atoms with Gasteiger partial charge in [0.05, 0.1) is 9.79 Å². The van der Waals surface area contributed by atoms with Crippen LogP contribution in [0.25, 0.3) is 0 Å². The second-order valence-electron chi connectivity index (χ2n) is 3.83. The van der Waals surface area contributed by atoms with Crippen LogP contribution in [-0.4, -0.2) is 52.9 Å². The maximum Gasteiger partial charge on any atom is 0.318 e. The normalized spacial score (nSPS) is 12.6. The molecule has 20 heavy (non-hydrogen) atoms. The number of aliphatic carboxylic acids is 1. The van der Waals surface area contributed by atoms with E-state index in [9.17, 15) is 21.6 Å². The first-order valence-corrected chi connectivity index (χ1v) is 8.25. The van der Waals surface area contributed by atoms with E-state index in [-0.39, 0.29) is 9.79 Å². The lowest BCUT2D eigenvalue weighted by Gasteiger charge is -2.15. The molecule has 1 rings (SSSR count). The molecule has 8 nitrogen and oxygen atoms in total. The van der Waals surface area contributed by atoms with E-state index in [0.29, 0.717) is 4.31 Å². The molecule has 112 valence electrons. The Morgan fingerprint density at radius 3 is 2.00 bits per heavy atom. The number of hydrogen-bond donors (Lipinski definition) is 2. The molecule has 0 fully saturated rings. The summed E-state index contributed by atoms with van der Waals surface area (Å²) < 4.78 is 49.7. The van der Waals surface area contributed by atoms with Crippen LogP contribution in [0.3, 0.4) is 0 Å². The predicted molar refractivity (Wildman–Crippen MR) is 70.1 cm³/mol. The number of sulfonamides is 2. The molecule has 0 bridgehead atoms. The molecule has 0 aliphatic heterocycles. The van der Waals surface area contributed by atoms with E-state index >= 15 is 0 Å². The van der Waals surface area contributed by atoms with Crippen molar-refractivity contribution < 1.29 is 26.7 Å². The summed E-state index contributed by atoms with van der Waals surface area (Å²) in [6, 6.07) is 4.48. The van der Waals surface area contributed by atoms with E-state index < -0.39 is 32.6 Å². The van der Waals surface area contributed by atoms with Crippen molar-refractivity contribution >= 4 is 26.0 Å². The Morgan fingerprint density at radius 2 is 1.60 bits per heavy atom. The summed E-state index contributed by atoms with van der Waals surface area (Å²) in [6.07, 6.45) is 0. The van der Waals surface area contributed by atoms with Crippen LogP contribution in [0.1, 0.15) is 0 Å². The highest BCUT2D eigenvalue weighted by molar-refractivity contribution is 7.89. The monoisotopic (exact) mass is 322 g/mol. The number of rotatable bonds is 6. The molecule has 0 spiro atoms. The van der Waals surface area contributed by atoms with Gasteiger partial charge in [-0.2, -0.15) is 4.31 Å². The van der Waals surface area contributed by atoms with Gasteiger partial charge in [-0.25, -0.2) is 21.6 Å². The summed E-state index contributed by atoms with van der Waals surface area (Å²) in [5, 5.41) is 8.58. The highest BCUT2D eigenvalue weighted by Gasteiger charge is 2.23. The van der Waals surface area contributed by atoms with Crippen molar-refractivity contribution in [2.45, 2.75) is 9.79 Å². The number of nitrogens with zero attached hydrogens (tertiary/aromatic N) is 1. The SMILES string of the molecule is CNS(=O)(=O)c1ccc(S(=O)(=O)N(C)CC(=O)O)cc1. The molecule has 1 aromatic rings. The topological polar surface area (TPSA) is 121 Å². The smallest absolute Gasteiger partial charge is 0.318 e. The highest BCUT2D eigenvalue weighted by Crippen LogP contribution is 2.17. The Labute approximate surface area is 117 Å². The van der Waals surface area contributed by atoms with Crippen molar-refractivity contribution in [3.05, 3.63) is 24.3 Å². The van der Waals surface area contributed by atoms with Gasteiger partial charge in [0.25, 0.3) is 0 Å². The first-order chi connectivity index (χ1) is 9.11. The summed E-state index contributed by atoms with van der Waals surface area (Å²) in [6.45, 7) is -0.682. The third-order valence-electron chi connectivity index (χ3n) is 2.47. The number of carboxylic acid groups (broad SMARTS) is 1. The number of hydrogen-bond acceptors (Lipinski definition) is 5. The van der Waals surface area contributed by atoms with Crippen LogP contribution in [0.15, 0.2) is 34.1 Å². The van der Waals surface area contributed by atoms with Crippen LogP contribution in [0, 0.1) is 0 Å². The van der Waals surface area contributed by atoms with E-state index in [0.717, 1.165) is 31.3 Å². The van der Waals surface area contributed by atoms with Gasteiger partial charge < -0.3 is 5.11 Å². The van der Waals surface area contributed by atoms with Crippen molar-refractivity contribution in [1.29, 1.82) is 0 Å². The van der Waals surface area contributed by atoms with Crippen molar-refractivity contribution in [2.75, 3.05) is 20.6 Å². The van der Waals surface area contributed by atoms with Crippen LogP contribution in [0.2, 0.25) is 0 Å². The van der Waals surface area contributed by atoms with Crippen molar-refractivity contribution in [1.82, 2.24) is 9.03 Å². The molecule has 0 atom stereocenters. The fraction of sp³-hybridized carbons (Fsp3) is 0.300. The lowest BCUT2D eigenvalue weighted by Crippen LogP contribution is -2.32.